The number of furan rings is 1. The average molecular weight is 261 g/mol. The summed E-state index contributed by atoms with van der Waals surface area (Å²) in [5, 5.41) is 7.74. The summed E-state index contributed by atoms with van der Waals surface area (Å²) in [6, 6.07) is 4.30. The molecule has 2 heterocycles. The van der Waals surface area contributed by atoms with E-state index in [0.717, 1.165) is 36.6 Å². The second-order valence-electron chi connectivity index (χ2n) is 4.84. The highest BCUT2D eigenvalue weighted by atomic mass is 16.3. The summed E-state index contributed by atoms with van der Waals surface area (Å²) in [7, 11) is 1.93. The largest absolute Gasteiger partial charge is 0.462 e. The van der Waals surface area contributed by atoms with E-state index in [4.69, 9.17) is 4.42 Å². The van der Waals surface area contributed by atoms with Crippen molar-refractivity contribution in [3.05, 3.63) is 40.6 Å². The van der Waals surface area contributed by atoms with Crippen LogP contribution in [0.4, 0.5) is 0 Å². The van der Waals surface area contributed by atoms with Crippen molar-refractivity contribution in [1.29, 1.82) is 0 Å². The van der Waals surface area contributed by atoms with E-state index in [9.17, 15) is 0 Å². The fourth-order valence-corrected chi connectivity index (χ4v) is 2.26. The van der Waals surface area contributed by atoms with Crippen molar-refractivity contribution in [2.24, 2.45) is 0 Å². The van der Waals surface area contributed by atoms with E-state index in [1.807, 2.05) is 7.05 Å². The lowest BCUT2D eigenvalue weighted by molar-refractivity contribution is 0.431. The Labute approximate surface area is 114 Å². The van der Waals surface area contributed by atoms with Gasteiger partial charge in [-0.15, -0.1) is 0 Å². The lowest BCUT2D eigenvalue weighted by atomic mass is 10.2. The second-order valence-corrected chi connectivity index (χ2v) is 4.84. The van der Waals surface area contributed by atoms with E-state index >= 15 is 0 Å². The molecule has 0 aromatic carbocycles. The smallest absolute Gasteiger partial charge is 0.126 e. The molecule has 0 amide bonds. The van der Waals surface area contributed by atoms with Gasteiger partial charge < -0.3 is 9.73 Å². The van der Waals surface area contributed by atoms with Crippen LogP contribution in [0.2, 0.25) is 0 Å². The first kappa shape index (κ1) is 13.9. The Morgan fingerprint density at radius 2 is 2.05 bits per heavy atom. The van der Waals surface area contributed by atoms with Crippen LogP contribution in [0, 0.1) is 6.92 Å². The molecule has 0 unspecified atom stereocenters. The Hall–Kier alpha value is -1.55. The summed E-state index contributed by atoms with van der Waals surface area (Å²) in [4.78, 5) is 0. The van der Waals surface area contributed by atoms with Gasteiger partial charge in [0.15, 0.2) is 0 Å². The molecule has 0 aliphatic carbocycles. The van der Waals surface area contributed by atoms with Gasteiger partial charge in [0.25, 0.3) is 0 Å². The van der Waals surface area contributed by atoms with Gasteiger partial charge in [0, 0.05) is 5.69 Å². The Balaban J connectivity index is 2.20. The Morgan fingerprint density at radius 3 is 2.68 bits per heavy atom. The molecule has 0 bridgehead atoms. The highest BCUT2D eigenvalue weighted by Crippen LogP contribution is 2.17. The van der Waals surface area contributed by atoms with E-state index in [0.29, 0.717) is 6.54 Å². The lowest BCUT2D eigenvalue weighted by Gasteiger charge is -2.03. The summed E-state index contributed by atoms with van der Waals surface area (Å²) < 4.78 is 7.93. The van der Waals surface area contributed by atoms with Crippen molar-refractivity contribution >= 4 is 0 Å². The number of hydrogen-bond donors (Lipinski definition) is 1. The normalized spacial score (nSPS) is 11.2. The first-order valence-electron chi connectivity index (χ1n) is 6.96. The molecule has 4 nitrogen and oxygen atoms in total. The fraction of sp³-hybridized carbons (Fsp3) is 0.533. The van der Waals surface area contributed by atoms with Gasteiger partial charge in [-0.05, 0) is 44.5 Å². The van der Waals surface area contributed by atoms with Crippen LogP contribution in [0.1, 0.15) is 42.3 Å². The molecule has 19 heavy (non-hydrogen) atoms. The predicted octanol–water partition coefficient (Wildman–Crippen LogP) is 2.68. The number of nitrogens with zero attached hydrogens (tertiary/aromatic N) is 2. The zero-order valence-corrected chi connectivity index (χ0v) is 12.3. The molecule has 0 radical (unpaired) electrons. The van der Waals surface area contributed by atoms with Crippen LogP contribution in [0.15, 0.2) is 16.5 Å². The van der Waals surface area contributed by atoms with Gasteiger partial charge in [0.1, 0.15) is 11.5 Å². The molecule has 0 atom stereocenters. The van der Waals surface area contributed by atoms with Gasteiger partial charge in [-0.2, -0.15) is 5.10 Å². The zero-order valence-electron chi connectivity index (χ0n) is 12.3. The predicted molar refractivity (Wildman–Crippen MR) is 76.3 cm³/mol. The minimum atomic E-state index is 0.716. The van der Waals surface area contributed by atoms with Crippen LogP contribution >= 0.6 is 0 Å². The highest BCUT2D eigenvalue weighted by molar-refractivity contribution is 5.21. The topological polar surface area (TPSA) is 43.0 Å². The van der Waals surface area contributed by atoms with Gasteiger partial charge in [0.2, 0.25) is 0 Å². The van der Waals surface area contributed by atoms with E-state index < -0.39 is 0 Å². The molecule has 0 spiro atoms. The third-order valence-corrected chi connectivity index (χ3v) is 3.35. The monoisotopic (exact) mass is 261 g/mol. The van der Waals surface area contributed by atoms with E-state index in [1.54, 1.807) is 0 Å². The van der Waals surface area contributed by atoms with Crippen molar-refractivity contribution in [3.63, 3.8) is 0 Å². The molecule has 4 heteroatoms. The maximum atomic E-state index is 5.88. The maximum absolute atomic E-state index is 5.88. The van der Waals surface area contributed by atoms with Crippen molar-refractivity contribution in [2.45, 2.75) is 46.7 Å². The van der Waals surface area contributed by atoms with Gasteiger partial charge in [-0.1, -0.05) is 13.8 Å². The van der Waals surface area contributed by atoms with Crippen molar-refractivity contribution < 1.29 is 4.42 Å². The van der Waals surface area contributed by atoms with E-state index in [1.165, 1.54) is 11.3 Å². The summed E-state index contributed by atoms with van der Waals surface area (Å²) in [6.07, 6.45) is 1.97. The number of aromatic nitrogens is 2. The number of rotatable bonds is 6. The fourth-order valence-electron chi connectivity index (χ4n) is 2.26. The number of hydrogen-bond acceptors (Lipinski definition) is 3. The summed E-state index contributed by atoms with van der Waals surface area (Å²) >= 11 is 0. The Morgan fingerprint density at radius 1 is 1.26 bits per heavy atom. The molecule has 0 aliphatic rings. The standard InChI is InChI=1S/C15H23N3O/c1-5-12-8-13(6-2)18(17-12)10-14-7-11(3)15(19-14)9-16-4/h7-8,16H,5-6,9-10H2,1-4H3. The summed E-state index contributed by atoms with van der Waals surface area (Å²) in [5.74, 6) is 1.99. The summed E-state index contributed by atoms with van der Waals surface area (Å²) in [5.41, 5.74) is 3.61. The van der Waals surface area contributed by atoms with Crippen molar-refractivity contribution in [1.82, 2.24) is 15.1 Å². The van der Waals surface area contributed by atoms with Crippen LogP contribution < -0.4 is 5.32 Å². The minimum absolute atomic E-state index is 0.716. The second kappa shape index (κ2) is 6.06. The quantitative estimate of drug-likeness (QED) is 0.869. The minimum Gasteiger partial charge on any atom is -0.462 e. The third kappa shape index (κ3) is 3.07. The molecular formula is C15H23N3O. The molecular weight excluding hydrogens is 238 g/mol. The van der Waals surface area contributed by atoms with Gasteiger partial charge in [-0.3, -0.25) is 4.68 Å². The SMILES string of the molecule is CCc1cc(CC)n(Cc2cc(C)c(CNC)o2)n1. The van der Waals surface area contributed by atoms with Crippen molar-refractivity contribution in [2.75, 3.05) is 7.05 Å². The molecule has 0 aliphatic heterocycles. The van der Waals surface area contributed by atoms with Gasteiger partial charge >= 0.3 is 0 Å². The molecule has 104 valence electrons. The molecule has 0 saturated carbocycles. The first-order valence-corrected chi connectivity index (χ1v) is 6.96. The van der Waals surface area contributed by atoms with Crippen molar-refractivity contribution in [3.8, 4) is 0 Å². The number of nitrogens with one attached hydrogen (secondary N) is 1. The van der Waals surface area contributed by atoms with Crippen LogP contribution in [0.25, 0.3) is 0 Å². The lowest BCUT2D eigenvalue weighted by Crippen LogP contribution is -2.06. The van der Waals surface area contributed by atoms with Crippen LogP contribution in [0.3, 0.4) is 0 Å². The third-order valence-electron chi connectivity index (χ3n) is 3.35. The molecule has 0 saturated heterocycles. The highest BCUT2D eigenvalue weighted by Gasteiger charge is 2.10. The Bertz CT molecular complexity index is 540. The maximum Gasteiger partial charge on any atom is 0.126 e. The first-order chi connectivity index (χ1) is 9.17. The molecule has 2 aromatic rings. The Kier molecular flexibility index (Phi) is 4.43. The van der Waals surface area contributed by atoms with Gasteiger partial charge in [0.05, 0.1) is 18.8 Å². The van der Waals surface area contributed by atoms with E-state index in [2.05, 4.69) is 48.0 Å². The summed E-state index contributed by atoms with van der Waals surface area (Å²) in [6.45, 7) is 7.86. The zero-order chi connectivity index (χ0) is 13.8. The van der Waals surface area contributed by atoms with Crippen LogP contribution in [0.5, 0.6) is 0 Å². The molecule has 1 N–H and O–H groups in total. The van der Waals surface area contributed by atoms with Crippen LogP contribution in [-0.2, 0) is 25.9 Å². The van der Waals surface area contributed by atoms with E-state index in [-0.39, 0.29) is 0 Å². The van der Waals surface area contributed by atoms with Crippen LogP contribution in [-0.4, -0.2) is 16.8 Å². The molecule has 2 aromatic heterocycles. The molecule has 0 fully saturated rings. The van der Waals surface area contributed by atoms with Gasteiger partial charge in [-0.25, -0.2) is 0 Å². The molecule has 2 rings (SSSR count). The number of aryl methyl sites for hydroxylation is 3. The average Bonchev–Trinajstić information content (AvgIpc) is 2.94.